The van der Waals surface area contributed by atoms with Crippen LogP contribution < -0.4 is 9.64 Å². The van der Waals surface area contributed by atoms with E-state index in [9.17, 15) is 0 Å². The number of rotatable bonds is 6. The third-order valence-electron chi connectivity index (χ3n) is 2.61. The molecule has 2 aromatic heterocycles. The molecule has 0 aromatic carbocycles. The topological polar surface area (TPSA) is 76.2 Å². The van der Waals surface area contributed by atoms with Crippen LogP contribution in [0.5, 0.6) is 5.88 Å². The Labute approximate surface area is 111 Å². The monoisotopic (exact) mass is 263 g/mol. The van der Waals surface area contributed by atoms with Gasteiger partial charge in [-0.1, -0.05) is 0 Å². The van der Waals surface area contributed by atoms with E-state index in [2.05, 4.69) is 20.2 Å². The third kappa shape index (κ3) is 3.41. The molecule has 0 saturated heterocycles. The van der Waals surface area contributed by atoms with Crippen molar-refractivity contribution in [2.75, 3.05) is 26.2 Å². The number of ether oxygens (including phenoxy) is 2. The average molecular weight is 263 g/mol. The van der Waals surface area contributed by atoms with E-state index in [0.29, 0.717) is 19.0 Å². The van der Waals surface area contributed by atoms with Gasteiger partial charge in [0, 0.05) is 20.2 Å². The lowest BCUT2D eigenvalue weighted by atomic mass is 10.3. The highest BCUT2D eigenvalue weighted by Gasteiger charge is 2.08. The summed E-state index contributed by atoms with van der Waals surface area (Å²) < 4.78 is 10.1. The highest BCUT2D eigenvalue weighted by Crippen LogP contribution is 2.16. The van der Waals surface area contributed by atoms with Gasteiger partial charge in [0.1, 0.15) is 12.1 Å². The zero-order chi connectivity index (χ0) is 13.7. The van der Waals surface area contributed by atoms with Gasteiger partial charge in [-0.2, -0.15) is 5.10 Å². The molecule has 2 rings (SSSR count). The number of aromatic amines is 1. The molecular formula is C12H17N5O2. The number of nitrogens with one attached hydrogen (secondary N) is 1. The molecule has 102 valence electrons. The number of nitrogens with zero attached hydrogens (tertiary/aromatic N) is 4. The zero-order valence-corrected chi connectivity index (χ0v) is 11.3. The quantitative estimate of drug-likeness (QED) is 0.837. The van der Waals surface area contributed by atoms with Gasteiger partial charge in [0.05, 0.1) is 31.6 Å². The van der Waals surface area contributed by atoms with Crippen molar-refractivity contribution in [1.29, 1.82) is 0 Å². The molecule has 0 fully saturated rings. The first kappa shape index (κ1) is 13.3. The van der Waals surface area contributed by atoms with Crippen molar-refractivity contribution in [3.8, 4) is 5.88 Å². The molecule has 0 atom stereocenters. The fourth-order valence-electron chi connectivity index (χ4n) is 1.70. The summed E-state index contributed by atoms with van der Waals surface area (Å²) >= 11 is 0. The summed E-state index contributed by atoms with van der Waals surface area (Å²) in [6.07, 6.45) is 1.48. The lowest BCUT2D eigenvalue weighted by Gasteiger charge is -2.16. The molecule has 0 saturated carbocycles. The van der Waals surface area contributed by atoms with Crippen LogP contribution in [-0.4, -0.2) is 41.4 Å². The van der Waals surface area contributed by atoms with E-state index in [1.807, 2.05) is 18.0 Å². The smallest absolute Gasteiger partial charge is 0.218 e. The molecule has 0 aliphatic rings. The number of aromatic nitrogens is 4. The van der Waals surface area contributed by atoms with E-state index in [-0.39, 0.29) is 0 Å². The van der Waals surface area contributed by atoms with Gasteiger partial charge < -0.3 is 14.4 Å². The largest absolute Gasteiger partial charge is 0.481 e. The van der Waals surface area contributed by atoms with Gasteiger partial charge in [-0.05, 0) is 6.07 Å². The van der Waals surface area contributed by atoms with E-state index in [0.717, 1.165) is 17.2 Å². The second-order valence-electron chi connectivity index (χ2n) is 4.09. The molecule has 0 radical (unpaired) electrons. The third-order valence-corrected chi connectivity index (χ3v) is 2.61. The van der Waals surface area contributed by atoms with E-state index in [1.54, 1.807) is 20.3 Å². The molecule has 7 heteroatoms. The van der Waals surface area contributed by atoms with Crippen LogP contribution in [0.4, 0.5) is 5.82 Å². The fraction of sp³-hybridized carbons (Fsp3) is 0.417. The minimum absolute atomic E-state index is 0.502. The van der Waals surface area contributed by atoms with Gasteiger partial charge in [-0.15, -0.1) is 0 Å². The maximum atomic E-state index is 5.08. The predicted molar refractivity (Wildman–Crippen MR) is 70.0 cm³/mol. The molecule has 1 N–H and O–H groups in total. The van der Waals surface area contributed by atoms with Crippen LogP contribution in [-0.2, 0) is 17.9 Å². The van der Waals surface area contributed by atoms with Crippen molar-refractivity contribution < 1.29 is 9.47 Å². The molecule has 2 aromatic rings. The highest BCUT2D eigenvalue weighted by atomic mass is 16.5. The maximum Gasteiger partial charge on any atom is 0.218 e. The summed E-state index contributed by atoms with van der Waals surface area (Å²) in [6, 6.07) is 3.75. The lowest BCUT2D eigenvalue weighted by Crippen LogP contribution is -2.18. The first-order valence-corrected chi connectivity index (χ1v) is 5.82. The van der Waals surface area contributed by atoms with Gasteiger partial charge in [-0.25, -0.2) is 9.97 Å². The summed E-state index contributed by atoms with van der Waals surface area (Å²) in [6.45, 7) is 1.17. The Balaban J connectivity index is 2.04. The van der Waals surface area contributed by atoms with E-state index < -0.39 is 0 Å². The number of hydrogen-bond donors (Lipinski definition) is 1. The van der Waals surface area contributed by atoms with Crippen LogP contribution in [0.25, 0.3) is 0 Å². The molecule has 0 unspecified atom stereocenters. The Morgan fingerprint density at radius 1 is 1.26 bits per heavy atom. The molecule has 0 aliphatic heterocycles. The van der Waals surface area contributed by atoms with Crippen LogP contribution in [0.15, 0.2) is 18.5 Å². The highest BCUT2D eigenvalue weighted by molar-refractivity contribution is 5.40. The molecule has 0 aliphatic carbocycles. The number of H-pyrrole nitrogens is 1. The van der Waals surface area contributed by atoms with Crippen molar-refractivity contribution in [2.24, 2.45) is 0 Å². The van der Waals surface area contributed by atoms with Crippen LogP contribution in [0.3, 0.4) is 0 Å². The van der Waals surface area contributed by atoms with Crippen LogP contribution in [0.2, 0.25) is 0 Å². The van der Waals surface area contributed by atoms with E-state index in [1.165, 1.54) is 6.33 Å². The lowest BCUT2D eigenvalue weighted by molar-refractivity contribution is 0.181. The Morgan fingerprint density at radius 2 is 2.11 bits per heavy atom. The summed E-state index contributed by atoms with van der Waals surface area (Å²) in [5.41, 5.74) is 1.87. The molecule has 0 spiro atoms. The molecule has 7 nitrogen and oxygen atoms in total. The zero-order valence-electron chi connectivity index (χ0n) is 11.3. The molecule has 0 amide bonds. The first-order valence-electron chi connectivity index (χ1n) is 5.82. The fourth-order valence-corrected chi connectivity index (χ4v) is 1.70. The van der Waals surface area contributed by atoms with E-state index >= 15 is 0 Å². The number of anilines is 1. The van der Waals surface area contributed by atoms with Crippen LogP contribution >= 0.6 is 0 Å². The van der Waals surface area contributed by atoms with Gasteiger partial charge in [0.2, 0.25) is 5.88 Å². The van der Waals surface area contributed by atoms with Gasteiger partial charge >= 0.3 is 0 Å². The first-order chi connectivity index (χ1) is 9.22. The second kappa shape index (κ2) is 6.14. The summed E-state index contributed by atoms with van der Waals surface area (Å²) in [4.78, 5) is 10.2. The van der Waals surface area contributed by atoms with Crippen molar-refractivity contribution in [3.63, 3.8) is 0 Å². The average Bonchev–Trinajstić information content (AvgIpc) is 2.86. The van der Waals surface area contributed by atoms with Crippen molar-refractivity contribution in [2.45, 2.75) is 13.2 Å². The van der Waals surface area contributed by atoms with Crippen molar-refractivity contribution in [1.82, 2.24) is 20.2 Å². The minimum Gasteiger partial charge on any atom is -0.481 e. The SMILES string of the molecule is COCc1cc(CN(C)c2cc(OC)ncn2)[nH]n1. The molecule has 19 heavy (non-hydrogen) atoms. The summed E-state index contributed by atoms with van der Waals surface area (Å²) in [5, 5.41) is 7.13. The predicted octanol–water partition coefficient (Wildman–Crippen LogP) is 0.991. The molecular weight excluding hydrogens is 246 g/mol. The minimum atomic E-state index is 0.502. The van der Waals surface area contributed by atoms with E-state index in [4.69, 9.17) is 9.47 Å². The number of hydrogen-bond acceptors (Lipinski definition) is 6. The van der Waals surface area contributed by atoms with Crippen LogP contribution in [0.1, 0.15) is 11.4 Å². The maximum absolute atomic E-state index is 5.08. The normalized spacial score (nSPS) is 10.5. The van der Waals surface area contributed by atoms with Gasteiger partial charge in [0.15, 0.2) is 0 Å². The van der Waals surface area contributed by atoms with Crippen LogP contribution in [0, 0.1) is 0 Å². The van der Waals surface area contributed by atoms with Crippen molar-refractivity contribution >= 4 is 5.82 Å². The van der Waals surface area contributed by atoms with Gasteiger partial charge in [0.25, 0.3) is 0 Å². The Hall–Kier alpha value is -2.15. The molecule has 0 bridgehead atoms. The summed E-state index contributed by atoms with van der Waals surface area (Å²) in [5.74, 6) is 1.33. The summed E-state index contributed by atoms with van der Waals surface area (Å²) in [7, 11) is 5.17. The van der Waals surface area contributed by atoms with Crippen molar-refractivity contribution in [3.05, 3.63) is 29.8 Å². The Morgan fingerprint density at radius 3 is 2.84 bits per heavy atom. The standard InChI is InChI=1S/C12H17N5O2/c1-17(11-5-12(19-3)14-8-13-11)6-9-4-10(7-18-2)16-15-9/h4-5,8H,6-7H2,1-3H3,(H,15,16). The van der Waals surface area contributed by atoms with Gasteiger partial charge in [-0.3, -0.25) is 5.10 Å². The number of methoxy groups -OCH3 is 2. The second-order valence-corrected chi connectivity index (χ2v) is 4.09. The molecule has 2 heterocycles. The Bertz CT molecular complexity index is 528. The Kier molecular flexibility index (Phi) is 4.30.